The average Bonchev–Trinajstić information content (AvgIpc) is 2.43. The fourth-order valence-corrected chi connectivity index (χ4v) is 2.85. The summed E-state index contributed by atoms with van der Waals surface area (Å²) in [7, 11) is -3.74. The van der Waals surface area contributed by atoms with Crippen molar-refractivity contribution in [3.05, 3.63) is 47.9 Å². The molecule has 0 unspecified atom stereocenters. The van der Waals surface area contributed by atoms with E-state index in [0.717, 1.165) is 0 Å². The van der Waals surface area contributed by atoms with E-state index < -0.39 is 15.8 Å². The molecule has 0 spiro atoms. The first-order valence-corrected chi connectivity index (χ1v) is 7.89. The second-order valence-corrected chi connectivity index (χ2v) is 6.16. The van der Waals surface area contributed by atoms with E-state index in [1.54, 1.807) is 13.0 Å². The van der Waals surface area contributed by atoms with E-state index in [1.165, 1.54) is 30.5 Å². The summed E-state index contributed by atoms with van der Waals surface area (Å²) in [4.78, 5) is 4.07. The number of anilines is 2. The molecule has 2 aromatic rings. The number of nitrogens with zero attached hydrogens (tertiary/aromatic N) is 1. The molecule has 0 radical (unpaired) electrons. The van der Waals surface area contributed by atoms with Gasteiger partial charge in [0.2, 0.25) is 0 Å². The number of hydrogen-bond acceptors (Lipinski definition) is 4. The Balaban J connectivity index is 2.25. The van der Waals surface area contributed by atoms with Crippen molar-refractivity contribution in [3.8, 4) is 0 Å². The summed E-state index contributed by atoms with van der Waals surface area (Å²) in [6, 6.07) is 6.92. The smallest absolute Gasteiger partial charge is 0.263 e. The molecule has 0 aliphatic heterocycles. The van der Waals surface area contributed by atoms with Gasteiger partial charge in [0.1, 0.15) is 16.5 Å². The van der Waals surface area contributed by atoms with Gasteiger partial charge < -0.3 is 5.32 Å². The van der Waals surface area contributed by atoms with Gasteiger partial charge in [0.25, 0.3) is 10.0 Å². The van der Waals surface area contributed by atoms with Crippen LogP contribution < -0.4 is 10.0 Å². The molecular weight excluding hydrogens is 293 g/mol. The molecule has 0 saturated heterocycles. The van der Waals surface area contributed by atoms with Gasteiger partial charge in [-0.3, -0.25) is 4.72 Å². The maximum Gasteiger partial charge on any atom is 0.263 e. The highest BCUT2D eigenvalue weighted by molar-refractivity contribution is 7.92. The van der Waals surface area contributed by atoms with Gasteiger partial charge in [-0.05, 0) is 49.7 Å². The monoisotopic (exact) mass is 309 g/mol. The Kier molecular flexibility index (Phi) is 4.42. The van der Waals surface area contributed by atoms with Crippen LogP contribution in [-0.2, 0) is 10.0 Å². The normalized spacial score (nSPS) is 11.2. The summed E-state index contributed by atoms with van der Waals surface area (Å²) < 4.78 is 39.9. The number of halogens is 1. The highest BCUT2D eigenvalue weighted by Gasteiger charge is 2.16. The lowest BCUT2D eigenvalue weighted by atomic mass is 10.2. The van der Waals surface area contributed by atoms with Crippen molar-refractivity contribution in [3.63, 3.8) is 0 Å². The Morgan fingerprint density at radius 1 is 1.24 bits per heavy atom. The van der Waals surface area contributed by atoms with E-state index in [1.807, 2.05) is 6.92 Å². The first kappa shape index (κ1) is 15.2. The molecule has 0 saturated carbocycles. The minimum atomic E-state index is -3.74. The Morgan fingerprint density at radius 3 is 2.57 bits per heavy atom. The average molecular weight is 309 g/mol. The van der Waals surface area contributed by atoms with Gasteiger partial charge in [-0.15, -0.1) is 0 Å². The van der Waals surface area contributed by atoms with Crippen molar-refractivity contribution < 1.29 is 12.8 Å². The number of sulfonamides is 1. The minimum Gasteiger partial charge on any atom is -0.370 e. The summed E-state index contributed by atoms with van der Waals surface area (Å²) in [5.41, 5.74) is 0.850. The molecule has 0 amide bonds. The maximum atomic E-state index is 13.0. The molecule has 21 heavy (non-hydrogen) atoms. The summed E-state index contributed by atoms with van der Waals surface area (Å²) in [5.74, 6) is 0.196. The first-order chi connectivity index (χ1) is 9.92. The van der Waals surface area contributed by atoms with Crippen molar-refractivity contribution in [2.24, 2.45) is 0 Å². The fourth-order valence-electron chi connectivity index (χ4n) is 1.77. The van der Waals surface area contributed by atoms with Gasteiger partial charge >= 0.3 is 0 Å². The molecule has 0 aliphatic rings. The van der Waals surface area contributed by atoms with E-state index in [0.29, 0.717) is 23.6 Å². The number of aromatic nitrogens is 1. The van der Waals surface area contributed by atoms with Gasteiger partial charge in [-0.2, -0.15) is 0 Å². The SMILES string of the molecule is CCNc1ccc(S(=O)(=O)Nc2ccc(F)cc2C)cn1. The molecule has 2 rings (SSSR count). The van der Waals surface area contributed by atoms with Gasteiger partial charge in [0, 0.05) is 12.7 Å². The van der Waals surface area contributed by atoms with Crippen LogP contribution in [0.5, 0.6) is 0 Å². The van der Waals surface area contributed by atoms with Crippen molar-refractivity contribution in [2.75, 3.05) is 16.6 Å². The standard InChI is InChI=1S/C14H16FN3O2S/c1-3-16-14-7-5-12(9-17-14)21(19,20)18-13-6-4-11(15)8-10(13)2/h4-9,18H,3H2,1-2H3,(H,16,17). The minimum absolute atomic E-state index is 0.0490. The third kappa shape index (κ3) is 3.69. The molecule has 1 aromatic carbocycles. The molecule has 2 N–H and O–H groups in total. The summed E-state index contributed by atoms with van der Waals surface area (Å²) >= 11 is 0. The van der Waals surface area contributed by atoms with Crippen LogP contribution in [0.25, 0.3) is 0 Å². The topological polar surface area (TPSA) is 71.1 Å². The number of aryl methyl sites for hydroxylation is 1. The van der Waals surface area contributed by atoms with Crippen LogP contribution in [-0.4, -0.2) is 19.9 Å². The Labute approximate surface area is 123 Å². The Morgan fingerprint density at radius 2 is 2.00 bits per heavy atom. The molecule has 5 nitrogen and oxygen atoms in total. The number of hydrogen-bond donors (Lipinski definition) is 2. The zero-order chi connectivity index (χ0) is 15.5. The molecule has 1 aromatic heterocycles. The zero-order valence-electron chi connectivity index (χ0n) is 11.7. The summed E-state index contributed by atoms with van der Waals surface area (Å²) in [6.45, 7) is 4.25. The van der Waals surface area contributed by atoms with E-state index in [4.69, 9.17) is 0 Å². The highest BCUT2D eigenvalue weighted by atomic mass is 32.2. The second-order valence-electron chi connectivity index (χ2n) is 4.47. The zero-order valence-corrected chi connectivity index (χ0v) is 12.5. The lowest BCUT2D eigenvalue weighted by Crippen LogP contribution is -2.14. The second kappa shape index (κ2) is 6.09. The quantitative estimate of drug-likeness (QED) is 0.891. The fraction of sp³-hybridized carbons (Fsp3) is 0.214. The van der Waals surface area contributed by atoms with Crippen LogP contribution in [0.1, 0.15) is 12.5 Å². The van der Waals surface area contributed by atoms with Gasteiger partial charge in [0.15, 0.2) is 0 Å². The molecule has 112 valence electrons. The number of benzene rings is 1. The van der Waals surface area contributed by atoms with Crippen LogP contribution in [0.4, 0.5) is 15.9 Å². The van der Waals surface area contributed by atoms with Crippen LogP contribution in [0.15, 0.2) is 41.4 Å². The van der Waals surface area contributed by atoms with E-state index in [9.17, 15) is 12.8 Å². The summed E-state index contributed by atoms with van der Waals surface area (Å²) in [5, 5.41) is 2.98. The van der Waals surface area contributed by atoms with E-state index >= 15 is 0 Å². The Bertz CT molecular complexity index is 730. The maximum absolute atomic E-state index is 13.0. The van der Waals surface area contributed by atoms with Crippen molar-refractivity contribution >= 4 is 21.5 Å². The van der Waals surface area contributed by atoms with Crippen LogP contribution in [0.2, 0.25) is 0 Å². The summed E-state index contributed by atoms with van der Waals surface area (Å²) in [6.07, 6.45) is 1.28. The first-order valence-electron chi connectivity index (χ1n) is 6.41. The van der Waals surface area contributed by atoms with E-state index in [-0.39, 0.29) is 4.90 Å². The lowest BCUT2D eigenvalue weighted by Gasteiger charge is -2.11. The molecular formula is C14H16FN3O2S. The predicted molar refractivity (Wildman–Crippen MR) is 80.3 cm³/mol. The largest absolute Gasteiger partial charge is 0.370 e. The predicted octanol–water partition coefficient (Wildman–Crippen LogP) is 2.76. The van der Waals surface area contributed by atoms with Gasteiger partial charge in [-0.25, -0.2) is 17.8 Å². The molecule has 0 fully saturated rings. The van der Waals surface area contributed by atoms with Gasteiger partial charge in [0.05, 0.1) is 5.69 Å². The highest BCUT2D eigenvalue weighted by Crippen LogP contribution is 2.20. The number of nitrogens with one attached hydrogen (secondary N) is 2. The lowest BCUT2D eigenvalue weighted by molar-refractivity contribution is 0.600. The van der Waals surface area contributed by atoms with Crippen molar-refractivity contribution in [1.82, 2.24) is 4.98 Å². The van der Waals surface area contributed by atoms with Crippen LogP contribution in [0.3, 0.4) is 0 Å². The molecule has 1 heterocycles. The molecule has 0 atom stereocenters. The number of rotatable bonds is 5. The third-order valence-electron chi connectivity index (χ3n) is 2.84. The van der Waals surface area contributed by atoms with Crippen molar-refractivity contribution in [2.45, 2.75) is 18.7 Å². The third-order valence-corrected chi connectivity index (χ3v) is 4.19. The van der Waals surface area contributed by atoms with Crippen LogP contribution >= 0.6 is 0 Å². The van der Waals surface area contributed by atoms with Crippen LogP contribution in [0, 0.1) is 12.7 Å². The van der Waals surface area contributed by atoms with Crippen molar-refractivity contribution in [1.29, 1.82) is 0 Å². The molecule has 7 heteroatoms. The van der Waals surface area contributed by atoms with E-state index in [2.05, 4.69) is 15.0 Å². The number of pyridine rings is 1. The molecule has 0 bridgehead atoms. The molecule has 0 aliphatic carbocycles. The van der Waals surface area contributed by atoms with Gasteiger partial charge in [-0.1, -0.05) is 0 Å². The Hall–Kier alpha value is -2.15.